The first-order valence-corrected chi connectivity index (χ1v) is 10.3. The second kappa shape index (κ2) is 7.21. The first-order chi connectivity index (χ1) is 14.8. The van der Waals surface area contributed by atoms with Gasteiger partial charge >= 0.3 is 6.18 Å². The lowest BCUT2D eigenvalue weighted by atomic mass is 10.1. The average molecular weight is 431 g/mol. The van der Waals surface area contributed by atoms with Crippen molar-refractivity contribution in [1.82, 2.24) is 9.97 Å². The van der Waals surface area contributed by atoms with Gasteiger partial charge < -0.3 is 15.1 Å². The van der Waals surface area contributed by atoms with Gasteiger partial charge in [0.15, 0.2) is 0 Å². The minimum absolute atomic E-state index is 0.235. The topological polar surface area (TPSA) is 78.4 Å². The van der Waals surface area contributed by atoms with Crippen molar-refractivity contribution in [2.24, 2.45) is 0 Å². The Morgan fingerprint density at radius 3 is 2.45 bits per heavy atom. The molecule has 2 aromatic heterocycles. The van der Waals surface area contributed by atoms with Crippen LogP contribution < -0.4 is 26.0 Å². The molecule has 1 aliphatic heterocycles. The maximum atomic E-state index is 13.0. The van der Waals surface area contributed by atoms with Crippen LogP contribution in [-0.2, 0) is 6.18 Å². The summed E-state index contributed by atoms with van der Waals surface area (Å²) >= 11 is 0. The monoisotopic (exact) mass is 431 g/mol. The fourth-order valence-electron chi connectivity index (χ4n) is 4.05. The fraction of sp³-hybridized carbons (Fsp3) is 0.429. The number of pyridine rings is 2. The summed E-state index contributed by atoms with van der Waals surface area (Å²) < 4.78 is 39.0. The first-order valence-electron chi connectivity index (χ1n) is 10.3. The highest BCUT2D eigenvalue weighted by atomic mass is 19.4. The lowest BCUT2D eigenvalue weighted by Gasteiger charge is -2.27. The summed E-state index contributed by atoms with van der Waals surface area (Å²) in [5.41, 5.74) is -0.724. The van der Waals surface area contributed by atoms with Gasteiger partial charge in [0.2, 0.25) is 0 Å². The van der Waals surface area contributed by atoms with E-state index in [1.807, 2.05) is 9.80 Å². The summed E-state index contributed by atoms with van der Waals surface area (Å²) in [5, 5.41) is 3.71. The molecule has 0 bridgehead atoms. The van der Waals surface area contributed by atoms with Crippen molar-refractivity contribution < 1.29 is 13.2 Å². The minimum atomic E-state index is -4.51. The Kier molecular flexibility index (Phi) is 4.60. The number of alkyl halides is 3. The molecule has 0 radical (unpaired) electrons. The number of halogens is 3. The zero-order valence-electron chi connectivity index (χ0n) is 16.6. The van der Waals surface area contributed by atoms with Crippen molar-refractivity contribution in [2.75, 3.05) is 41.3 Å². The van der Waals surface area contributed by atoms with E-state index in [4.69, 9.17) is 0 Å². The lowest BCUT2D eigenvalue weighted by molar-refractivity contribution is -0.140. The molecule has 1 N–H and O–H groups in total. The van der Waals surface area contributed by atoms with Crippen LogP contribution in [0.15, 0.2) is 34.0 Å². The van der Waals surface area contributed by atoms with Crippen LogP contribution in [0.3, 0.4) is 0 Å². The van der Waals surface area contributed by atoms with Gasteiger partial charge in [0.1, 0.15) is 22.9 Å². The lowest BCUT2D eigenvalue weighted by Crippen LogP contribution is -2.44. The number of anilines is 3. The molecule has 3 heterocycles. The number of nitrogens with one attached hydrogen (secondary N) is 1. The molecule has 5 rings (SSSR count). The molecular formula is C21H20F3N5O2. The second-order valence-corrected chi connectivity index (χ2v) is 8.02. The fourth-order valence-corrected chi connectivity index (χ4v) is 4.05. The maximum absolute atomic E-state index is 13.0. The highest BCUT2D eigenvalue weighted by Crippen LogP contribution is 2.32. The van der Waals surface area contributed by atoms with Gasteiger partial charge in [-0.1, -0.05) is 0 Å². The summed E-state index contributed by atoms with van der Waals surface area (Å²) in [4.78, 5) is 36.3. The summed E-state index contributed by atoms with van der Waals surface area (Å²) in [5.74, 6) is 0.571. The Labute approximate surface area is 175 Å². The van der Waals surface area contributed by atoms with Gasteiger partial charge in [-0.15, -0.1) is 0 Å². The van der Waals surface area contributed by atoms with Crippen molar-refractivity contribution in [1.29, 1.82) is 0 Å². The van der Waals surface area contributed by atoms with Crippen molar-refractivity contribution in [2.45, 2.75) is 31.5 Å². The standard InChI is InChI=1S/C21H20F3N5O2/c22-21(23,24)15-5-4-13-14(27-15)6-7-25-20(13)29-9-1-8-28(10-11-29)17-16(18(30)19(17)31)26-12-2-3-12/h4-7,12,26H,1-3,8-11H2. The van der Waals surface area contributed by atoms with E-state index >= 15 is 0 Å². The van der Waals surface area contributed by atoms with Gasteiger partial charge in [-0.05, 0) is 37.5 Å². The Hall–Kier alpha value is -3.17. The second-order valence-electron chi connectivity index (χ2n) is 8.02. The third kappa shape index (κ3) is 3.60. The molecule has 2 fully saturated rings. The van der Waals surface area contributed by atoms with E-state index in [9.17, 15) is 22.8 Å². The molecule has 1 saturated carbocycles. The number of fused-ring (bicyclic) bond motifs is 1. The number of hydrogen-bond acceptors (Lipinski definition) is 7. The van der Waals surface area contributed by atoms with Crippen LogP contribution in [0.1, 0.15) is 25.0 Å². The highest BCUT2D eigenvalue weighted by molar-refractivity contribution is 5.89. The number of nitrogens with zero attached hydrogens (tertiary/aromatic N) is 4. The minimum Gasteiger partial charge on any atom is -0.377 e. The summed E-state index contributed by atoms with van der Waals surface area (Å²) in [7, 11) is 0. The third-order valence-electron chi connectivity index (χ3n) is 5.81. The van der Waals surface area contributed by atoms with Crippen LogP contribution in [0.4, 0.5) is 30.4 Å². The SMILES string of the molecule is O=c1c(NC2CC2)c(N2CCCN(c3nccc4nc(C(F)(F)F)ccc34)CC2)c1=O. The van der Waals surface area contributed by atoms with Crippen LogP contribution in [0.5, 0.6) is 0 Å². The average Bonchev–Trinajstić information content (AvgIpc) is 3.59. The van der Waals surface area contributed by atoms with Crippen LogP contribution in [0.25, 0.3) is 10.9 Å². The van der Waals surface area contributed by atoms with E-state index in [1.54, 1.807) is 0 Å². The maximum Gasteiger partial charge on any atom is 0.433 e. The molecule has 1 aliphatic carbocycles. The van der Waals surface area contributed by atoms with Gasteiger partial charge in [0.25, 0.3) is 10.9 Å². The molecule has 162 valence electrons. The molecule has 2 aliphatic rings. The summed E-state index contributed by atoms with van der Waals surface area (Å²) in [6.07, 6.45) is -0.325. The van der Waals surface area contributed by atoms with Gasteiger partial charge in [0, 0.05) is 43.8 Å². The Balaban J connectivity index is 1.39. The molecule has 1 saturated heterocycles. The van der Waals surface area contributed by atoms with E-state index in [-0.39, 0.29) is 11.6 Å². The van der Waals surface area contributed by atoms with Crippen LogP contribution >= 0.6 is 0 Å². The summed E-state index contributed by atoms with van der Waals surface area (Å²) in [6, 6.07) is 4.12. The van der Waals surface area contributed by atoms with Crippen molar-refractivity contribution >= 4 is 28.1 Å². The quantitative estimate of drug-likeness (QED) is 0.636. The van der Waals surface area contributed by atoms with Gasteiger partial charge in [0.05, 0.1) is 5.52 Å². The zero-order valence-corrected chi connectivity index (χ0v) is 16.6. The molecule has 0 atom stereocenters. The van der Waals surface area contributed by atoms with Crippen LogP contribution in [0.2, 0.25) is 0 Å². The number of aromatic nitrogens is 2. The molecule has 0 unspecified atom stereocenters. The molecule has 1 aromatic carbocycles. The van der Waals surface area contributed by atoms with E-state index in [0.29, 0.717) is 55.2 Å². The Morgan fingerprint density at radius 1 is 0.968 bits per heavy atom. The third-order valence-corrected chi connectivity index (χ3v) is 5.81. The van der Waals surface area contributed by atoms with Crippen molar-refractivity contribution in [3.8, 4) is 0 Å². The molecular weight excluding hydrogens is 411 g/mol. The van der Waals surface area contributed by atoms with Crippen molar-refractivity contribution in [3.63, 3.8) is 0 Å². The summed E-state index contributed by atoms with van der Waals surface area (Å²) in [6.45, 7) is 2.28. The van der Waals surface area contributed by atoms with Crippen LogP contribution in [-0.4, -0.2) is 42.2 Å². The Morgan fingerprint density at radius 2 is 1.71 bits per heavy atom. The molecule has 0 amide bonds. The largest absolute Gasteiger partial charge is 0.433 e. The number of rotatable bonds is 4. The number of hydrogen-bond donors (Lipinski definition) is 1. The molecule has 7 nitrogen and oxygen atoms in total. The van der Waals surface area contributed by atoms with E-state index in [0.717, 1.165) is 18.9 Å². The van der Waals surface area contributed by atoms with Crippen molar-refractivity contribution in [3.05, 3.63) is 50.5 Å². The Bertz CT molecular complexity index is 1210. The molecule has 10 heteroatoms. The van der Waals surface area contributed by atoms with Crippen LogP contribution in [0, 0.1) is 0 Å². The predicted octanol–water partition coefficient (Wildman–Crippen LogP) is 2.54. The molecule has 3 aromatic rings. The van der Waals surface area contributed by atoms with E-state index in [1.165, 1.54) is 18.3 Å². The van der Waals surface area contributed by atoms with E-state index < -0.39 is 22.7 Å². The van der Waals surface area contributed by atoms with Gasteiger partial charge in [-0.2, -0.15) is 13.2 Å². The molecule has 31 heavy (non-hydrogen) atoms. The van der Waals surface area contributed by atoms with Gasteiger partial charge in [-0.25, -0.2) is 9.97 Å². The predicted molar refractivity (Wildman–Crippen MR) is 112 cm³/mol. The van der Waals surface area contributed by atoms with Gasteiger partial charge in [-0.3, -0.25) is 9.59 Å². The zero-order chi connectivity index (χ0) is 21.8. The van der Waals surface area contributed by atoms with E-state index in [2.05, 4.69) is 15.3 Å². The highest BCUT2D eigenvalue weighted by Gasteiger charge is 2.33. The first kappa shape index (κ1) is 19.8. The normalized spacial score (nSPS) is 17.9. The smallest absolute Gasteiger partial charge is 0.377 e. The molecule has 0 spiro atoms.